The molecule has 0 unspecified atom stereocenters. The van der Waals surface area contributed by atoms with Crippen LogP contribution in [-0.4, -0.2) is 42.7 Å². The van der Waals surface area contributed by atoms with E-state index in [2.05, 4.69) is 35.7 Å². The van der Waals surface area contributed by atoms with Crippen LogP contribution in [0.5, 0.6) is 0 Å². The van der Waals surface area contributed by atoms with Crippen LogP contribution in [0.4, 0.5) is 23.0 Å². The minimum atomic E-state index is -0.506. The number of carbonyl (C=O) groups is 1. The van der Waals surface area contributed by atoms with Crippen LogP contribution >= 0.6 is 69.6 Å². The van der Waals surface area contributed by atoms with Gasteiger partial charge < -0.3 is 10.6 Å². The Kier molecular flexibility index (Phi) is 9.92. The molecule has 5 aromatic rings. The zero-order valence-electron chi connectivity index (χ0n) is 21.0. The van der Waals surface area contributed by atoms with Crippen LogP contribution in [0.3, 0.4) is 0 Å². The molecule has 0 aliphatic carbocycles. The maximum atomic E-state index is 12.3. The summed E-state index contributed by atoms with van der Waals surface area (Å²) >= 11 is 35.7. The van der Waals surface area contributed by atoms with Crippen LogP contribution in [0.2, 0.25) is 30.7 Å². The molecule has 1 amide bonds. The molecule has 0 spiro atoms. The number of hydrogen-bond donors (Lipinski definition) is 3. The smallest absolute Gasteiger partial charge is 0.261 e. The summed E-state index contributed by atoms with van der Waals surface area (Å²) < 4.78 is 1.61. The first-order valence-corrected chi connectivity index (χ1v) is 13.6. The average Bonchev–Trinajstić information content (AvgIpc) is 3.22. The van der Waals surface area contributed by atoms with Gasteiger partial charge in [-0.05, 0) is 47.5 Å². The van der Waals surface area contributed by atoms with Gasteiger partial charge in [-0.2, -0.15) is 15.1 Å². The number of anilines is 4. The quantitative estimate of drug-likeness (QED) is 0.101. The third kappa shape index (κ3) is 7.19. The summed E-state index contributed by atoms with van der Waals surface area (Å²) in [5, 5.41) is 13.7. The lowest BCUT2D eigenvalue weighted by atomic mass is 10.2. The van der Waals surface area contributed by atoms with Crippen molar-refractivity contribution < 1.29 is 4.79 Å². The summed E-state index contributed by atoms with van der Waals surface area (Å²) in [7, 11) is 3.29. The molecule has 0 atom stereocenters. The minimum absolute atomic E-state index is 0.0189. The minimum Gasteiger partial charge on any atom is -0.336 e. The van der Waals surface area contributed by atoms with Crippen molar-refractivity contribution in [2.45, 2.75) is 0 Å². The molecule has 41 heavy (non-hydrogen) atoms. The van der Waals surface area contributed by atoms with Gasteiger partial charge in [0.2, 0.25) is 10.6 Å². The Morgan fingerprint density at radius 1 is 0.854 bits per heavy atom. The Morgan fingerprint density at radius 2 is 1.39 bits per heavy atom. The van der Waals surface area contributed by atoms with Crippen molar-refractivity contribution in [3.05, 3.63) is 85.0 Å². The SMILES string of the molecule is CN(N)c1nc(Cl)ncc1C(=O)Nc1c(Cl)cccc1Cl.Cn1nc(Nc2c(Cl)cccc2Cl)c2cnc(Cl)nc21. The summed E-state index contributed by atoms with van der Waals surface area (Å²) in [6.45, 7) is 0. The van der Waals surface area contributed by atoms with Crippen LogP contribution in [0.1, 0.15) is 10.4 Å². The fourth-order valence-electron chi connectivity index (χ4n) is 3.42. The normalized spacial score (nSPS) is 10.7. The second-order valence-electron chi connectivity index (χ2n) is 8.11. The number of amides is 1. The predicted molar refractivity (Wildman–Crippen MR) is 165 cm³/mol. The van der Waals surface area contributed by atoms with Gasteiger partial charge in [0, 0.05) is 26.5 Å². The molecule has 212 valence electrons. The number of carbonyl (C=O) groups excluding carboxylic acids is 1. The number of nitrogens with zero attached hydrogens (tertiary/aromatic N) is 7. The molecule has 0 aliphatic heterocycles. The maximum Gasteiger partial charge on any atom is 0.261 e. The number of nitrogens with one attached hydrogen (secondary N) is 2. The summed E-state index contributed by atoms with van der Waals surface area (Å²) in [6.07, 6.45) is 2.87. The van der Waals surface area contributed by atoms with Crippen LogP contribution in [0.25, 0.3) is 11.0 Å². The molecule has 0 fully saturated rings. The van der Waals surface area contributed by atoms with E-state index >= 15 is 0 Å². The van der Waals surface area contributed by atoms with Crippen molar-refractivity contribution in [3.8, 4) is 0 Å². The molecule has 5 rings (SSSR count). The number of aryl methyl sites for hydroxylation is 1. The molecule has 2 aromatic carbocycles. The number of hydrogen-bond acceptors (Lipinski definition) is 9. The van der Waals surface area contributed by atoms with Crippen LogP contribution in [0, 0.1) is 0 Å². The first-order chi connectivity index (χ1) is 19.5. The van der Waals surface area contributed by atoms with Crippen molar-refractivity contribution >= 4 is 110 Å². The third-order valence-corrected chi connectivity index (χ3v) is 6.90. The largest absolute Gasteiger partial charge is 0.336 e. The molecule has 3 heterocycles. The molecule has 0 radical (unpaired) electrons. The van der Waals surface area contributed by atoms with E-state index in [9.17, 15) is 4.79 Å². The van der Waals surface area contributed by atoms with Gasteiger partial charge in [-0.3, -0.25) is 9.80 Å². The monoisotopic (exact) mass is 672 g/mol. The lowest BCUT2D eigenvalue weighted by Gasteiger charge is -2.15. The first kappa shape index (κ1) is 30.8. The number of fused-ring (bicyclic) bond motifs is 1. The van der Waals surface area contributed by atoms with Crippen molar-refractivity contribution in [3.63, 3.8) is 0 Å². The predicted octanol–water partition coefficient (Wildman–Crippen LogP) is 7.07. The van der Waals surface area contributed by atoms with E-state index in [-0.39, 0.29) is 21.9 Å². The number of benzene rings is 2. The Morgan fingerprint density at radius 3 is 1.98 bits per heavy atom. The standard InChI is InChI=1S/C12H10Cl3N5O.C12H8Cl3N5/c1-20(16)10-6(5-17-12(15)19-10)11(21)18-9-7(13)3-2-4-8(9)14;1-20-11-6(5-16-12(15)18-11)10(19-20)17-9-7(13)3-2-4-8(9)14/h2-5H,16H2,1H3,(H,18,21);2-5H,1H3,(H,17,19). The van der Waals surface area contributed by atoms with Crippen LogP contribution < -0.4 is 21.5 Å². The molecular formula is C24H18Cl6N10O. The number of rotatable bonds is 5. The van der Waals surface area contributed by atoms with Crippen molar-refractivity contribution in [2.24, 2.45) is 12.9 Å². The highest BCUT2D eigenvalue weighted by atomic mass is 35.5. The van der Waals surface area contributed by atoms with E-state index in [1.165, 1.54) is 13.2 Å². The van der Waals surface area contributed by atoms with Crippen molar-refractivity contribution in [2.75, 3.05) is 22.7 Å². The summed E-state index contributed by atoms with van der Waals surface area (Å²) in [5.74, 6) is 5.86. The van der Waals surface area contributed by atoms with Gasteiger partial charge in [0.1, 0.15) is 5.56 Å². The average molecular weight is 675 g/mol. The Hall–Kier alpha value is -3.16. The zero-order chi connectivity index (χ0) is 29.8. The Labute approximate surface area is 263 Å². The molecule has 11 nitrogen and oxygen atoms in total. The molecule has 0 saturated heterocycles. The van der Waals surface area contributed by atoms with E-state index in [1.807, 2.05) is 0 Å². The molecule has 3 aromatic heterocycles. The van der Waals surface area contributed by atoms with Crippen LogP contribution in [-0.2, 0) is 7.05 Å². The molecule has 4 N–H and O–H groups in total. The van der Waals surface area contributed by atoms with Gasteiger partial charge in [0.25, 0.3) is 5.91 Å². The maximum absolute atomic E-state index is 12.3. The van der Waals surface area contributed by atoms with Crippen molar-refractivity contribution in [1.29, 1.82) is 0 Å². The first-order valence-electron chi connectivity index (χ1n) is 11.3. The lowest BCUT2D eigenvalue weighted by molar-refractivity contribution is 0.102. The fraction of sp³-hybridized carbons (Fsp3) is 0.0833. The summed E-state index contributed by atoms with van der Waals surface area (Å²) in [5.41, 5.74) is 1.65. The van der Waals surface area contributed by atoms with Gasteiger partial charge >= 0.3 is 0 Å². The molecule has 0 saturated carbocycles. The molecular weight excluding hydrogens is 657 g/mol. The second kappa shape index (κ2) is 13.2. The number of halogens is 6. The van der Waals surface area contributed by atoms with Crippen LogP contribution in [0.15, 0.2) is 48.8 Å². The number of hydrazine groups is 1. The van der Waals surface area contributed by atoms with Gasteiger partial charge in [-0.15, -0.1) is 0 Å². The molecule has 0 aliphatic rings. The number of aromatic nitrogens is 6. The van der Waals surface area contributed by atoms with Gasteiger partial charge in [0.15, 0.2) is 17.3 Å². The van der Waals surface area contributed by atoms with E-state index in [0.29, 0.717) is 42.9 Å². The Balaban J connectivity index is 0.000000189. The van der Waals surface area contributed by atoms with Gasteiger partial charge in [-0.1, -0.05) is 58.5 Å². The second-order valence-corrected chi connectivity index (χ2v) is 10.4. The third-order valence-electron chi connectivity index (χ3n) is 5.28. The van der Waals surface area contributed by atoms with Gasteiger partial charge in [0.05, 0.1) is 36.9 Å². The number of nitrogens with two attached hydrogens (primary N) is 1. The van der Waals surface area contributed by atoms with E-state index in [1.54, 1.807) is 54.3 Å². The van der Waals surface area contributed by atoms with E-state index in [4.69, 9.17) is 75.4 Å². The zero-order valence-corrected chi connectivity index (χ0v) is 25.5. The summed E-state index contributed by atoms with van der Waals surface area (Å²) in [4.78, 5) is 28.1. The molecule has 0 bridgehead atoms. The van der Waals surface area contributed by atoms with Gasteiger partial charge in [-0.25, -0.2) is 20.5 Å². The topological polar surface area (TPSA) is 140 Å². The molecule has 17 heteroatoms. The lowest BCUT2D eigenvalue weighted by Crippen LogP contribution is -2.29. The van der Waals surface area contributed by atoms with E-state index in [0.717, 1.165) is 10.4 Å². The highest BCUT2D eigenvalue weighted by molar-refractivity contribution is 6.40. The highest BCUT2D eigenvalue weighted by Crippen LogP contribution is 2.34. The highest BCUT2D eigenvalue weighted by Gasteiger charge is 2.19. The number of para-hydroxylation sites is 2. The van der Waals surface area contributed by atoms with E-state index < -0.39 is 5.91 Å². The summed E-state index contributed by atoms with van der Waals surface area (Å²) in [6, 6.07) is 10.2. The fourth-order valence-corrected chi connectivity index (χ4v) is 4.67. The Bertz CT molecular complexity index is 1710. The van der Waals surface area contributed by atoms with Crippen molar-refractivity contribution in [1.82, 2.24) is 29.7 Å².